The largest absolute Gasteiger partial charge is 0.494 e. The maximum atomic E-state index is 12.7. The fraction of sp³-hybridized carbons (Fsp3) is 0.600. The molecule has 0 aromatic heterocycles. The lowest BCUT2D eigenvalue weighted by Gasteiger charge is -2.21. The Morgan fingerprint density at radius 1 is 1.04 bits per heavy atom. The highest BCUT2D eigenvalue weighted by Crippen LogP contribution is 2.47. The maximum absolute atomic E-state index is 12.7. The maximum Gasteiger partial charge on any atom is 0.240 e. The van der Waals surface area contributed by atoms with Gasteiger partial charge >= 0.3 is 0 Å². The van der Waals surface area contributed by atoms with Gasteiger partial charge < -0.3 is 15.4 Å². The highest BCUT2D eigenvalue weighted by Gasteiger charge is 2.56. The number of amides is 2. The van der Waals surface area contributed by atoms with Crippen molar-refractivity contribution in [1.29, 1.82) is 0 Å². The van der Waals surface area contributed by atoms with Gasteiger partial charge in [0.05, 0.1) is 6.61 Å². The van der Waals surface area contributed by atoms with Crippen LogP contribution in [0.2, 0.25) is 0 Å². The molecule has 0 heterocycles. The molecule has 0 spiro atoms. The van der Waals surface area contributed by atoms with E-state index < -0.39 is 5.41 Å². The van der Waals surface area contributed by atoms with Crippen LogP contribution in [0.4, 0.5) is 5.69 Å². The molecule has 2 aliphatic carbocycles. The molecule has 5 nitrogen and oxygen atoms in total. The van der Waals surface area contributed by atoms with Crippen LogP contribution in [0.3, 0.4) is 0 Å². The highest BCUT2D eigenvalue weighted by atomic mass is 16.5. The molecule has 2 saturated carbocycles. The quantitative estimate of drug-likeness (QED) is 0.611. The third-order valence-corrected chi connectivity index (χ3v) is 5.23. The molecule has 25 heavy (non-hydrogen) atoms. The fourth-order valence-electron chi connectivity index (χ4n) is 3.48. The Kier molecular flexibility index (Phi) is 5.61. The minimum absolute atomic E-state index is 0.0946. The Balaban J connectivity index is 1.57. The lowest BCUT2D eigenvalue weighted by Crippen LogP contribution is -2.44. The van der Waals surface area contributed by atoms with E-state index in [0.29, 0.717) is 25.1 Å². The first-order valence-corrected chi connectivity index (χ1v) is 9.49. The van der Waals surface area contributed by atoms with Crippen molar-refractivity contribution in [3.05, 3.63) is 24.3 Å². The van der Waals surface area contributed by atoms with E-state index in [-0.39, 0.29) is 17.9 Å². The zero-order valence-corrected chi connectivity index (χ0v) is 15.0. The van der Waals surface area contributed by atoms with E-state index in [1.807, 2.05) is 31.2 Å². The lowest BCUT2D eigenvalue weighted by molar-refractivity contribution is -0.134. The average molecular weight is 344 g/mol. The summed E-state index contributed by atoms with van der Waals surface area (Å²) in [6.07, 6.45) is 8.14. The molecule has 0 radical (unpaired) electrons. The summed E-state index contributed by atoms with van der Waals surface area (Å²) in [5.74, 6) is 0.485. The Bertz CT molecular complexity index is 600. The van der Waals surface area contributed by atoms with Crippen LogP contribution in [0.1, 0.15) is 58.3 Å². The van der Waals surface area contributed by atoms with E-state index in [9.17, 15) is 9.59 Å². The number of hydrogen-bond acceptors (Lipinski definition) is 3. The molecule has 2 amide bonds. The third kappa shape index (κ3) is 4.33. The Labute approximate surface area is 149 Å². The van der Waals surface area contributed by atoms with Crippen LogP contribution >= 0.6 is 0 Å². The molecule has 136 valence electrons. The minimum atomic E-state index is -0.870. The second-order valence-electron chi connectivity index (χ2n) is 7.16. The summed E-state index contributed by atoms with van der Waals surface area (Å²) in [6, 6.07) is 7.49. The van der Waals surface area contributed by atoms with Crippen LogP contribution in [0.25, 0.3) is 0 Å². The lowest BCUT2D eigenvalue weighted by atomic mass is 10.0. The van der Waals surface area contributed by atoms with Crippen molar-refractivity contribution < 1.29 is 14.3 Å². The molecule has 0 unspecified atom stereocenters. The summed E-state index contributed by atoms with van der Waals surface area (Å²) in [5.41, 5.74) is -0.174. The summed E-state index contributed by atoms with van der Waals surface area (Å²) in [4.78, 5) is 25.3. The van der Waals surface area contributed by atoms with Crippen LogP contribution < -0.4 is 15.4 Å². The Morgan fingerprint density at radius 2 is 1.68 bits per heavy atom. The number of carbonyl (C=O) groups is 2. The van der Waals surface area contributed by atoms with Gasteiger partial charge in [-0.25, -0.2) is 0 Å². The Morgan fingerprint density at radius 3 is 2.24 bits per heavy atom. The zero-order chi connectivity index (χ0) is 17.7. The highest BCUT2D eigenvalue weighted by molar-refractivity contribution is 6.13. The number of anilines is 1. The molecule has 3 rings (SSSR count). The number of carbonyl (C=O) groups excluding carboxylic acids is 2. The number of hydrogen-bond donors (Lipinski definition) is 2. The smallest absolute Gasteiger partial charge is 0.240 e. The summed E-state index contributed by atoms with van der Waals surface area (Å²) in [5, 5.41) is 6.02. The van der Waals surface area contributed by atoms with Crippen LogP contribution in [0.5, 0.6) is 5.75 Å². The zero-order valence-electron chi connectivity index (χ0n) is 15.0. The van der Waals surface area contributed by atoms with Gasteiger partial charge in [-0.2, -0.15) is 0 Å². The van der Waals surface area contributed by atoms with Gasteiger partial charge in [-0.05, 0) is 56.9 Å². The molecule has 0 aliphatic heterocycles. The summed E-state index contributed by atoms with van der Waals surface area (Å²) < 4.78 is 5.40. The number of benzene rings is 1. The summed E-state index contributed by atoms with van der Waals surface area (Å²) in [6.45, 7) is 2.54. The first kappa shape index (κ1) is 17.8. The topological polar surface area (TPSA) is 67.4 Å². The number of rotatable bonds is 6. The molecule has 2 fully saturated rings. The van der Waals surface area contributed by atoms with Crippen LogP contribution in [-0.4, -0.2) is 24.5 Å². The molecule has 1 aromatic carbocycles. The van der Waals surface area contributed by atoms with Crippen molar-refractivity contribution in [2.45, 2.75) is 64.3 Å². The van der Waals surface area contributed by atoms with Crippen LogP contribution in [-0.2, 0) is 9.59 Å². The van der Waals surface area contributed by atoms with Gasteiger partial charge in [0, 0.05) is 11.7 Å². The molecule has 2 aliphatic rings. The number of ether oxygens (including phenoxy) is 1. The molecule has 2 N–H and O–H groups in total. The Hall–Kier alpha value is -2.04. The normalized spacial score (nSPS) is 19.6. The van der Waals surface area contributed by atoms with E-state index in [2.05, 4.69) is 10.6 Å². The second kappa shape index (κ2) is 7.89. The van der Waals surface area contributed by atoms with Gasteiger partial charge in [0.1, 0.15) is 11.2 Å². The van der Waals surface area contributed by atoms with E-state index in [1.165, 1.54) is 12.8 Å². The third-order valence-electron chi connectivity index (χ3n) is 5.23. The minimum Gasteiger partial charge on any atom is -0.494 e. The molecule has 0 atom stereocenters. The first-order valence-electron chi connectivity index (χ1n) is 9.49. The first-order chi connectivity index (χ1) is 12.1. The van der Waals surface area contributed by atoms with Gasteiger partial charge in [-0.15, -0.1) is 0 Å². The van der Waals surface area contributed by atoms with E-state index in [1.54, 1.807) is 0 Å². The van der Waals surface area contributed by atoms with Gasteiger partial charge in [0.2, 0.25) is 11.8 Å². The van der Waals surface area contributed by atoms with Gasteiger partial charge in [0.25, 0.3) is 0 Å². The number of nitrogens with one attached hydrogen (secondary N) is 2. The second-order valence-corrected chi connectivity index (χ2v) is 7.16. The summed E-state index contributed by atoms with van der Waals surface area (Å²) in [7, 11) is 0. The summed E-state index contributed by atoms with van der Waals surface area (Å²) >= 11 is 0. The van der Waals surface area contributed by atoms with Crippen molar-refractivity contribution in [2.75, 3.05) is 11.9 Å². The van der Waals surface area contributed by atoms with E-state index in [0.717, 1.165) is 31.4 Å². The van der Waals surface area contributed by atoms with Crippen molar-refractivity contribution >= 4 is 17.5 Å². The molecule has 1 aromatic rings. The van der Waals surface area contributed by atoms with Gasteiger partial charge in [-0.3, -0.25) is 9.59 Å². The SMILES string of the molecule is CCOc1ccc(NC(=O)C2(C(=O)NC3CCCCCC3)CC2)cc1. The standard InChI is InChI=1S/C20H28N2O3/c1-2-25-17-11-9-16(10-12-17)22-19(24)20(13-14-20)18(23)21-15-7-5-3-4-6-8-15/h9-12,15H,2-8,13-14H2,1H3,(H,21,23)(H,22,24). The van der Waals surface area contributed by atoms with Crippen molar-refractivity contribution in [1.82, 2.24) is 5.32 Å². The van der Waals surface area contributed by atoms with Crippen molar-refractivity contribution in [3.63, 3.8) is 0 Å². The van der Waals surface area contributed by atoms with Crippen molar-refractivity contribution in [2.24, 2.45) is 5.41 Å². The van der Waals surface area contributed by atoms with Crippen LogP contribution in [0.15, 0.2) is 24.3 Å². The fourth-order valence-corrected chi connectivity index (χ4v) is 3.48. The molecular formula is C20H28N2O3. The van der Waals surface area contributed by atoms with Crippen LogP contribution in [0, 0.1) is 5.41 Å². The van der Waals surface area contributed by atoms with E-state index >= 15 is 0 Å². The van der Waals surface area contributed by atoms with Crippen molar-refractivity contribution in [3.8, 4) is 5.75 Å². The average Bonchev–Trinajstić information content (AvgIpc) is 3.42. The monoisotopic (exact) mass is 344 g/mol. The predicted molar refractivity (Wildman–Crippen MR) is 97.5 cm³/mol. The van der Waals surface area contributed by atoms with Gasteiger partial charge in [0.15, 0.2) is 0 Å². The molecule has 0 bridgehead atoms. The van der Waals surface area contributed by atoms with Gasteiger partial charge in [-0.1, -0.05) is 25.7 Å². The molecule has 0 saturated heterocycles. The predicted octanol–water partition coefficient (Wildman–Crippen LogP) is 3.64. The molecule has 5 heteroatoms. The molecular weight excluding hydrogens is 316 g/mol. The van der Waals surface area contributed by atoms with E-state index in [4.69, 9.17) is 4.74 Å².